The van der Waals surface area contributed by atoms with Gasteiger partial charge in [-0.05, 0) is 18.2 Å². The minimum atomic E-state index is -3.39. The van der Waals surface area contributed by atoms with Crippen LogP contribution < -0.4 is 16.1 Å². The maximum absolute atomic E-state index is 12.8. The average Bonchev–Trinajstić information content (AvgIpc) is 3.31. The van der Waals surface area contributed by atoms with E-state index >= 15 is 0 Å². The van der Waals surface area contributed by atoms with Gasteiger partial charge in [0, 0.05) is 26.9 Å². The summed E-state index contributed by atoms with van der Waals surface area (Å²) in [6.07, 6.45) is 4.09. The zero-order valence-corrected chi connectivity index (χ0v) is 19.7. The SMILES string of the molecule is C=CCn1c(=NC(=O)Cn2cnc3c2c(=O)n(C)c(=O)n3C)sc2cc(S(C)(=O)=O)ccc21. The third-order valence-corrected chi connectivity index (χ3v) is 7.29. The smallest absolute Gasteiger partial charge is 0.315 e. The molecule has 13 heteroatoms. The van der Waals surface area contributed by atoms with E-state index < -0.39 is 27.0 Å². The molecule has 0 bridgehead atoms. The number of imidazole rings is 1. The number of hydrogen-bond acceptors (Lipinski definition) is 7. The first-order valence-electron chi connectivity index (χ1n) is 9.65. The molecule has 1 aromatic carbocycles. The molecule has 11 nitrogen and oxygen atoms in total. The molecule has 4 aromatic rings. The number of carbonyl (C=O) groups excluding carboxylic acids is 1. The number of sulfone groups is 1. The molecule has 0 saturated heterocycles. The Balaban J connectivity index is 1.81. The van der Waals surface area contributed by atoms with Crippen molar-refractivity contribution in [3.05, 3.63) is 62.8 Å². The van der Waals surface area contributed by atoms with Crippen molar-refractivity contribution < 1.29 is 13.2 Å². The Labute approximate surface area is 191 Å². The van der Waals surface area contributed by atoms with Crippen molar-refractivity contribution in [3.63, 3.8) is 0 Å². The number of thiazole rings is 1. The van der Waals surface area contributed by atoms with E-state index in [1.165, 1.54) is 47.0 Å². The number of carbonyl (C=O) groups is 1. The molecule has 0 aliphatic heterocycles. The highest BCUT2D eigenvalue weighted by Gasteiger charge is 2.17. The van der Waals surface area contributed by atoms with E-state index in [-0.39, 0.29) is 22.6 Å². The van der Waals surface area contributed by atoms with Gasteiger partial charge in [0.15, 0.2) is 25.8 Å². The fourth-order valence-corrected chi connectivity index (χ4v) is 5.30. The number of amides is 1. The second kappa shape index (κ2) is 8.08. The Morgan fingerprint density at radius 1 is 1.24 bits per heavy atom. The summed E-state index contributed by atoms with van der Waals surface area (Å²) < 4.78 is 29.8. The molecule has 1 amide bonds. The van der Waals surface area contributed by atoms with Crippen molar-refractivity contribution in [2.75, 3.05) is 6.26 Å². The van der Waals surface area contributed by atoms with Gasteiger partial charge in [0.2, 0.25) is 0 Å². The van der Waals surface area contributed by atoms with Gasteiger partial charge in [0.1, 0.15) is 6.54 Å². The standard InChI is InChI=1S/C20H20N6O5S2/c1-5-8-26-13-7-6-12(33(4,30)31)9-14(13)32-19(26)22-15(27)10-25-11-21-17-16(25)18(28)24(3)20(29)23(17)2/h5-7,9,11H,1,8,10H2,2-4H3. The van der Waals surface area contributed by atoms with Crippen LogP contribution in [0.15, 0.2) is 56.7 Å². The summed E-state index contributed by atoms with van der Waals surface area (Å²) in [5, 5.41) is 0. The van der Waals surface area contributed by atoms with Gasteiger partial charge in [0.05, 0.1) is 21.4 Å². The molecule has 4 rings (SSSR count). The zero-order valence-electron chi connectivity index (χ0n) is 18.0. The van der Waals surface area contributed by atoms with Crippen LogP contribution in [-0.4, -0.2) is 43.8 Å². The molecule has 33 heavy (non-hydrogen) atoms. The minimum absolute atomic E-state index is 0.122. The summed E-state index contributed by atoms with van der Waals surface area (Å²) in [6, 6.07) is 4.72. The molecule has 0 saturated carbocycles. The van der Waals surface area contributed by atoms with E-state index in [0.29, 0.717) is 16.0 Å². The van der Waals surface area contributed by atoms with Gasteiger partial charge in [-0.1, -0.05) is 17.4 Å². The number of fused-ring (bicyclic) bond motifs is 2. The van der Waals surface area contributed by atoms with E-state index in [1.54, 1.807) is 22.8 Å². The Morgan fingerprint density at radius 3 is 2.64 bits per heavy atom. The molecule has 0 aliphatic carbocycles. The molecule has 0 N–H and O–H groups in total. The van der Waals surface area contributed by atoms with Crippen LogP contribution in [0.5, 0.6) is 0 Å². The largest absolute Gasteiger partial charge is 0.332 e. The Hall–Kier alpha value is -3.58. The van der Waals surface area contributed by atoms with Gasteiger partial charge in [-0.15, -0.1) is 6.58 Å². The minimum Gasteiger partial charge on any atom is -0.315 e. The quantitative estimate of drug-likeness (QED) is 0.368. The number of benzene rings is 1. The lowest BCUT2D eigenvalue weighted by Gasteiger charge is -2.05. The number of hydrogen-bond donors (Lipinski definition) is 0. The van der Waals surface area contributed by atoms with Crippen molar-refractivity contribution >= 4 is 48.5 Å². The molecular formula is C20H20N6O5S2. The summed E-state index contributed by atoms with van der Waals surface area (Å²) in [5.74, 6) is -0.544. The molecule has 0 unspecified atom stereocenters. The molecule has 0 spiro atoms. The third kappa shape index (κ3) is 3.89. The van der Waals surface area contributed by atoms with Gasteiger partial charge < -0.3 is 9.13 Å². The number of allylic oxidation sites excluding steroid dienone is 1. The normalized spacial score (nSPS) is 12.6. The third-order valence-electron chi connectivity index (χ3n) is 5.14. The molecule has 0 aliphatic rings. The van der Waals surface area contributed by atoms with E-state index in [9.17, 15) is 22.8 Å². The first kappa shape index (κ1) is 22.6. The molecule has 3 aromatic heterocycles. The van der Waals surface area contributed by atoms with Gasteiger partial charge in [-0.2, -0.15) is 4.99 Å². The number of aryl methyl sites for hydroxylation is 1. The Bertz CT molecular complexity index is 1750. The zero-order chi connectivity index (χ0) is 24.1. The fourth-order valence-electron chi connectivity index (χ4n) is 3.48. The highest BCUT2D eigenvalue weighted by atomic mass is 32.2. The summed E-state index contributed by atoms with van der Waals surface area (Å²) in [7, 11) is -0.540. The lowest BCUT2D eigenvalue weighted by Crippen LogP contribution is -2.37. The molecule has 0 atom stereocenters. The maximum Gasteiger partial charge on any atom is 0.332 e. The van der Waals surface area contributed by atoms with E-state index in [0.717, 1.165) is 16.3 Å². The first-order chi connectivity index (χ1) is 15.5. The average molecular weight is 489 g/mol. The van der Waals surface area contributed by atoms with Gasteiger partial charge in [-0.3, -0.25) is 18.7 Å². The molecule has 3 heterocycles. The molecule has 0 radical (unpaired) electrons. The van der Waals surface area contributed by atoms with Crippen molar-refractivity contribution in [1.29, 1.82) is 0 Å². The van der Waals surface area contributed by atoms with Crippen LogP contribution >= 0.6 is 11.3 Å². The Morgan fingerprint density at radius 2 is 1.97 bits per heavy atom. The summed E-state index contributed by atoms with van der Waals surface area (Å²) in [4.78, 5) is 46.3. The number of aromatic nitrogens is 5. The topological polar surface area (TPSA) is 130 Å². The van der Waals surface area contributed by atoms with E-state index in [2.05, 4.69) is 16.6 Å². The number of nitrogens with zero attached hydrogens (tertiary/aromatic N) is 6. The van der Waals surface area contributed by atoms with E-state index in [1.807, 2.05) is 0 Å². The summed E-state index contributed by atoms with van der Waals surface area (Å²) in [5.41, 5.74) is -0.0619. The van der Waals surface area contributed by atoms with Crippen molar-refractivity contribution in [2.24, 2.45) is 19.1 Å². The summed E-state index contributed by atoms with van der Waals surface area (Å²) >= 11 is 1.18. The van der Waals surface area contributed by atoms with Crippen LogP contribution in [0, 0.1) is 0 Å². The number of rotatable bonds is 5. The lowest BCUT2D eigenvalue weighted by atomic mass is 10.3. The second-order valence-electron chi connectivity index (χ2n) is 7.44. The summed E-state index contributed by atoms with van der Waals surface area (Å²) in [6.45, 7) is 3.83. The highest BCUT2D eigenvalue weighted by molar-refractivity contribution is 7.90. The van der Waals surface area contributed by atoms with Crippen LogP contribution in [0.25, 0.3) is 21.4 Å². The van der Waals surface area contributed by atoms with Crippen molar-refractivity contribution in [3.8, 4) is 0 Å². The van der Waals surface area contributed by atoms with Crippen LogP contribution in [0.4, 0.5) is 0 Å². The molecular weight excluding hydrogens is 468 g/mol. The van der Waals surface area contributed by atoms with Crippen molar-refractivity contribution in [1.82, 2.24) is 23.3 Å². The van der Waals surface area contributed by atoms with Crippen LogP contribution in [0.3, 0.4) is 0 Å². The Kier molecular flexibility index (Phi) is 5.54. The van der Waals surface area contributed by atoms with Crippen LogP contribution in [-0.2, 0) is 41.8 Å². The van der Waals surface area contributed by atoms with Crippen LogP contribution in [0.1, 0.15) is 0 Å². The van der Waals surface area contributed by atoms with Gasteiger partial charge in [-0.25, -0.2) is 18.2 Å². The molecule has 172 valence electrons. The van der Waals surface area contributed by atoms with Crippen LogP contribution in [0.2, 0.25) is 0 Å². The lowest BCUT2D eigenvalue weighted by molar-refractivity contribution is -0.118. The molecule has 0 fully saturated rings. The monoisotopic (exact) mass is 488 g/mol. The second-order valence-corrected chi connectivity index (χ2v) is 10.5. The predicted octanol–water partition coefficient (Wildman–Crippen LogP) is 0.167. The van der Waals surface area contributed by atoms with Gasteiger partial charge >= 0.3 is 5.69 Å². The maximum atomic E-state index is 12.8. The van der Waals surface area contributed by atoms with Gasteiger partial charge in [0.25, 0.3) is 11.5 Å². The highest BCUT2D eigenvalue weighted by Crippen LogP contribution is 2.22. The van der Waals surface area contributed by atoms with Crippen molar-refractivity contribution in [2.45, 2.75) is 18.0 Å². The van der Waals surface area contributed by atoms with E-state index in [4.69, 9.17) is 0 Å². The fraction of sp³-hybridized carbons (Fsp3) is 0.250. The predicted molar refractivity (Wildman–Crippen MR) is 124 cm³/mol. The first-order valence-corrected chi connectivity index (χ1v) is 12.4.